The van der Waals surface area contributed by atoms with Gasteiger partial charge in [-0.1, -0.05) is 29.3 Å². The number of nitrogens with zero attached hydrogens (tertiary/aromatic N) is 2. The van der Waals surface area contributed by atoms with Gasteiger partial charge >= 0.3 is 12.0 Å². The first-order valence-corrected chi connectivity index (χ1v) is 10.1. The number of hydrogen-bond acceptors (Lipinski definition) is 3. The minimum absolute atomic E-state index is 0.331. The number of fused-ring (bicyclic) bond motifs is 2. The van der Waals surface area contributed by atoms with E-state index in [0.717, 1.165) is 42.0 Å². The molecule has 0 unspecified atom stereocenters. The van der Waals surface area contributed by atoms with Gasteiger partial charge in [-0.15, -0.1) is 0 Å². The van der Waals surface area contributed by atoms with Crippen molar-refractivity contribution in [1.29, 1.82) is 0 Å². The maximum atomic E-state index is 12.2. The summed E-state index contributed by atoms with van der Waals surface area (Å²) >= 11 is 6.26. The van der Waals surface area contributed by atoms with Crippen molar-refractivity contribution in [3.05, 3.63) is 69.5 Å². The van der Waals surface area contributed by atoms with E-state index in [2.05, 4.69) is 17.4 Å². The number of carboxylic acids is 1. The van der Waals surface area contributed by atoms with Crippen LogP contribution in [0.1, 0.15) is 35.2 Å². The Balaban J connectivity index is 1.66. The third-order valence-electron chi connectivity index (χ3n) is 5.53. The van der Waals surface area contributed by atoms with Gasteiger partial charge in [-0.2, -0.15) is 0 Å². The number of aromatic nitrogens is 1. The quantitative estimate of drug-likeness (QED) is 0.792. The van der Waals surface area contributed by atoms with E-state index in [1.165, 1.54) is 22.3 Å². The van der Waals surface area contributed by atoms with Crippen LogP contribution in [0.5, 0.6) is 0 Å². The van der Waals surface area contributed by atoms with E-state index >= 15 is 0 Å². The van der Waals surface area contributed by atoms with Crippen LogP contribution < -0.4 is 5.32 Å². The second-order valence-corrected chi connectivity index (χ2v) is 7.77. The number of piperidine rings is 1. The number of rotatable bonds is 2. The number of urea groups is 1. The minimum atomic E-state index is -1.05. The van der Waals surface area contributed by atoms with Gasteiger partial charge in [0.05, 0.1) is 5.69 Å². The molecule has 4 rings (SSSR count). The molecule has 0 saturated carbocycles. The van der Waals surface area contributed by atoms with E-state index in [-0.39, 0.29) is 12.6 Å². The summed E-state index contributed by atoms with van der Waals surface area (Å²) in [6.45, 7) is 0.736. The van der Waals surface area contributed by atoms with Crippen molar-refractivity contribution in [3.63, 3.8) is 0 Å². The Bertz CT molecular complexity index is 993. The van der Waals surface area contributed by atoms with E-state index < -0.39 is 5.97 Å². The zero-order valence-electron chi connectivity index (χ0n) is 15.9. The second-order valence-electron chi connectivity index (χ2n) is 7.33. The lowest BCUT2D eigenvalue weighted by atomic mass is 9.88. The van der Waals surface area contributed by atoms with Crippen molar-refractivity contribution < 1.29 is 14.7 Å². The molecule has 1 saturated heterocycles. The molecule has 1 aromatic carbocycles. The predicted molar refractivity (Wildman–Crippen MR) is 111 cm³/mol. The highest BCUT2D eigenvalue weighted by Gasteiger charge is 2.26. The molecule has 0 spiro atoms. The molecule has 7 heteroatoms. The lowest BCUT2D eigenvalue weighted by Crippen LogP contribution is -2.44. The smallest absolute Gasteiger partial charge is 0.323 e. The fourth-order valence-electron chi connectivity index (χ4n) is 4.13. The van der Waals surface area contributed by atoms with Crippen LogP contribution in [0.4, 0.5) is 4.79 Å². The first-order valence-electron chi connectivity index (χ1n) is 9.72. The van der Waals surface area contributed by atoms with E-state index in [9.17, 15) is 9.59 Å². The normalized spacial score (nSPS) is 16.0. The van der Waals surface area contributed by atoms with Gasteiger partial charge in [0.25, 0.3) is 0 Å². The molecule has 1 aliphatic carbocycles. The first-order chi connectivity index (χ1) is 14.0. The Labute approximate surface area is 174 Å². The molecular formula is C22H22ClN3O3. The standard InChI is InChI=1S/C22H22ClN3O3/c23-17-5-6-18-16(12-17)4-3-15-2-1-9-24-21(15)20(18)14-7-10-26(11-8-14)22(29)25-13-19(27)28/h1-2,5-6,9,12H,3-4,7-8,10-11,13H2,(H,25,29)(H,27,28). The molecule has 1 aromatic heterocycles. The van der Waals surface area contributed by atoms with Gasteiger partial charge in [0, 0.05) is 29.9 Å². The maximum absolute atomic E-state index is 12.2. The highest BCUT2D eigenvalue weighted by Crippen LogP contribution is 2.38. The van der Waals surface area contributed by atoms with Crippen molar-refractivity contribution in [2.75, 3.05) is 19.6 Å². The van der Waals surface area contributed by atoms with Crippen LogP contribution in [-0.4, -0.2) is 46.6 Å². The summed E-state index contributed by atoms with van der Waals surface area (Å²) in [5, 5.41) is 11.9. The molecule has 2 heterocycles. The molecule has 29 heavy (non-hydrogen) atoms. The number of carbonyl (C=O) groups excluding carboxylic acids is 1. The first kappa shape index (κ1) is 19.5. The monoisotopic (exact) mass is 411 g/mol. The average molecular weight is 412 g/mol. The van der Waals surface area contributed by atoms with Crippen LogP contribution in [0, 0.1) is 0 Å². The molecule has 150 valence electrons. The van der Waals surface area contributed by atoms with E-state index in [1.807, 2.05) is 24.4 Å². The summed E-state index contributed by atoms with van der Waals surface area (Å²) in [6, 6.07) is 9.81. The van der Waals surface area contributed by atoms with Gasteiger partial charge in [-0.25, -0.2) is 4.79 Å². The van der Waals surface area contributed by atoms with Crippen molar-refractivity contribution in [2.45, 2.75) is 25.7 Å². The Morgan fingerprint density at radius 1 is 1.10 bits per heavy atom. The van der Waals surface area contributed by atoms with Crippen LogP contribution in [0.3, 0.4) is 0 Å². The van der Waals surface area contributed by atoms with Crippen molar-refractivity contribution in [2.24, 2.45) is 0 Å². The van der Waals surface area contributed by atoms with Crippen molar-refractivity contribution >= 4 is 29.2 Å². The molecule has 2 N–H and O–H groups in total. The summed E-state index contributed by atoms with van der Waals surface area (Å²) in [5.74, 6) is -1.05. The third kappa shape index (κ3) is 4.12. The SMILES string of the molecule is O=C(O)CNC(=O)N1CCC(=C2c3ccc(Cl)cc3CCc3cccnc32)CC1. The van der Waals surface area contributed by atoms with E-state index in [0.29, 0.717) is 13.1 Å². The largest absolute Gasteiger partial charge is 0.480 e. The van der Waals surface area contributed by atoms with Crippen molar-refractivity contribution in [3.8, 4) is 0 Å². The summed E-state index contributed by atoms with van der Waals surface area (Å²) in [5.41, 5.74) is 7.08. The lowest BCUT2D eigenvalue weighted by molar-refractivity contribution is -0.135. The van der Waals surface area contributed by atoms with Crippen LogP contribution in [0.25, 0.3) is 5.57 Å². The Kier molecular flexibility index (Phi) is 5.53. The van der Waals surface area contributed by atoms with Gasteiger partial charge in [-0.3, -0.25) is 9.78 Å². The van der Waals surface area contributed by atoms with E-state index in [1.54, 1.807) is 4.90 Å². The molecule has 0 atom stereocenters. The number of carbonyl (C=O) groups is 2. The minimum Gasteiger partial charge on any atom is -0.480 e. The summed E-state index contributed by atoms with van der Waals surface area (Å²) in [6.07, 6.45) is 5.11. The number of pyridine rings is 1. The fraction of sp³-hybridized carbons (Fsp3) is 0.318. The number of amides is 2. The molecule has 2 aliphatic rings. The molecule has 2 aromatic rings. The van der Waals surface area contributed by atoms with Gasteiger partial charge in [0.15, 0.2) is 0 Å². The fourth-order valence-corrected chi connectivity index (χ4v) is 4.32. The topological polar surface area (TPSA) is 82.5 Å². The molecule has 1 aliphatic heterocycles. The van der Waals surface area contributed by atoms with Crippen molar-refractivity contribution in [1.82, 2.24) is 15.2 Å². The molecule has 1 fully saturated rings. The van der Waals surface area contributed by atoms with Crippen LogP contribution >= 0.6 is 11.6 Å². The number of benzene rings is 1. The summed E-state index contributed by atoms with van der Waals surface area (Å²) in [4.78, 5) is 29.2. The van der Waals surface area contributed by atoms with E-state index in [4.69, 9.17) is 21.7 Å². The maximum Gasteiger partial charge on any atom is 0.323 e. The molecule has 6 nitrogen and oxygen atoms in total. The average Bonchev–Trinajstić information content (AvgIpc) is 2.88. The Hall–Kier alpha value is -2.86. The summed E-state index contributed by atoms with van der Waals surface area (Å²) in [7, 11) is 0. The van der Waals surface area contributed by atoms with Crippen LogP contribution in [0.2, 0.25) is 5.02 Å². The Morgan fingerprint density at radius 3 is 2.62 bits per heavy atom. The van der Waals surface area contributed by atoms with Gasteiger partial charge in [0.2, 0.25) is 0 Å². The highest BCUT2D eigenvalue weighted by atomic mass is 35.5. The zero-order chi connectivity index (χ0) is 20.4. The molecule has 2 amide bonds. The summed E-state index contributed by atoms with van der Waals surface area (Å²) < 4.78 is 0. The van der Waals surface area contributed by atoms with Gasteiger partial charge < -0.3 is 15.3 Å². The number of hydrogen-bond donors (Lipinski definition) is 2. The molecule has 0 radical (unpaired) electrons. The highest BCUT2D eigenvalue weighted by molar-refractivity contribution is 6.30. The number of carboxylic acid groups (broad SMARTS) is 1. The second kappa shape index (κ2) is 8.25. The van der Waals surface area contributed by atoms with Crippen LogP contribution in [0.15, 0.2) is 42.1 Å². The number of halogens is 1. The molecule has 0 bridgehead atoms. The molecular weight excluding hydrogens is 390 g/mol. The number of aliphatic carboxylic acids is 1. The Morgan fingerprint density at radius 2 is 1.86 bits per heavy atom. The number of aryl methyl sites for hydroxylation is 2. The number of likely N-dealkylation sites (tertiary alicyclic amines) is 1. The van der Waals surface area contributed by atoms with Gasteiger partial charge in [0.1, 0.15) is 6.54 Å². The zero-order valence-corrected chi connectivity index (χ0v) is 16.7. The third-order valence-corrected chi connectivity index (χ3v) is 5.76. The lowest BCUT2D eigenvalue weighted by Gasteiger charge is -2.30. The number of nitrogens with one attached hydrogen (secondary N) is 1. The predicted octanol–water partition coefficient (Wildman–Crippen LogP) is 3.53. The van der Waals surface area contributed by atoms with Crippen LogP contribution in [-0.2, 0) is 17.6 Å². The van der Waals surface area contributed by atoms with Gasteiger partial charge in [-0.05, 0) is 60.6 Å².